The van der Waals surface area contributed by atoms with Gasteiger partial charge in [0.15, 0.2) is 0 Å². The normalized spacial score (nSPS) is 36.8. The van der Waals surface area contributed by atoms with Gasteiger partial charge in [0.2, 0.25) is 0 Å². The minimum absolute atomic E-state index is 0.505. The molecule has 1 aromatic carbocycles. The van der Waals surface area contributed by atoms with Crippen LogP contribution in [0.15, 0.2) is 30.3 Å². The first kappa shape index (κ1) is 7.54. The van der Waals surface area contributed by atoms with Crippen molar-refractivity contribution in [3.63, 3.8) is 0 Å². The summed E-state index contributed by atoms with van der Waals surface area (Å²) in [5.74, 6) is 0. The number of piperidine rings is 1. The van der Waals surface area contributed by atoms with Gasteiger partial charge in [-0.15, -0.1) is 0 Å². The second kappa shape index (κ2) is 2.82. The fourth-order valence-electron chi connectivity index (χ4n) is 2.08. The Labute approximate surface area is 77.9 Å². The molecule has 0 saturated carbocycles. The smallest absolute Gasteiger partial charge is 0.0966 e. The molecule has 1 aromatic rings. The van der Waals surface area contributed by atoms with E-state index in [4.69, 9.17) is 4.74 Å². The first-order valence-electron chi connectivity index (χ1n) is 4.87. The average molecular weight is 175 g/mol. The highest BCUT2D eigenvalue weighted by Gasteiger charge is 2.43. The molecule has 2 nitrogen and oxygen atoms in total. The Morgan fingerprint density at radius 1 is 1.15 bits per heavy atom. The Balaban J connectivity index is 1.78. The van der Waals surface area contributed by atoms with Crippen LogP contribution in [0.3, 0.4) is 0 Å². The maximum Gasteiger partial charge on any atom is 0.0966 e. The van der Waals surface area contributed by atoms with Gasteiger partial charge in [-0.2, -0.15) is 0 Å². The van der Waals surface area contributed by atoms with Crippen molar-refractivity contribution in [2.45, 2.75) is 24.7 Å². The Bertz CT molecular complexity index is 298. The molecule has 13 heavy (non-hydrogen) atoms. The number of nitrogens with one attached hydrogen (secondary N) is 1. The SMILES string of the molecule is c1ccc([C@H]2C[C@@H]3O[C@@H]3CN2)cc1. The van der Waals surface area contributed by atoms with E-state index in [2.05, 4.69) is 35.6 Å². The van der Waals surface area contributed by atoms with E-state index < -0.39 is 0 Å². The van der Waals surface area contributed by atoms with Crippen molar-refractivity contribution in [2.24, 2.45) is 0 Å². The Hall–Kier alpha value is -0.860. The van der Waals surface area contributed by atoms with Gasteiger partial charge in [0.05, 0.1) is 12.2 Å². The monoisotopic (exact) mass is 175 g/mol. The van der Waals surface area contributed by atoms with Gasteiger partial charge in [0, 0.05) is 12.6 Å². The summed E-state index contributed by atoms with van der Waals surface area (Å²) in [6.07, 6.45) is 2.18. The Morgan fingerprint density at radius 3 is 2.77 bits per heavy atom. The van der Waals surface area contributed by atoms with Crippen LogP contribution >= 0.6 is 0 Å². The molecule has 68 valence electrons. The minimum Gasteiger partial charge on any atom is -0.368 e. The first-order chi connectivity index (χ1) is 6.43. The van der Waals surface area contributed by atoms with Crippen molar-refractivity contribution >= 4 is 0 Å². The van der Waals surface area contributed by atoms with Gasteiger partial charge >= 0.3 is 0 Å². The van der Waals surface area contributed by atoms with Crippen molar-refractivity contribution in [3.8, 4) is 0 Å². The summed E-state index contributed by atoms with van der Waals surface area (Å²) in [6.45, 7) is 1.02. The van der Waals surface area contributed by atoms with Crippen LogP contribution in [0, 0.1) is 0 Å². The van der Waals surface area contributed by atoms with Gasteiger partial charge in [-0.1, -0.05) is 30.3 Å². The van der Waals surface area contributed by atoms with Crippen molar-refractivity contribution in [3.05, 3.63) is 35.9 Å². The molecule has 2 aliphatic rings. The van der Waals surface area contributed by atoms with Crippen LogP contribution in [0.4, 0.5) is 0 Å². The third kappa shape index (κ3) is 1.36. The van der Waals surface area contributed by atoms with E-state index in [9.17, 15) is 0 Å². The molecule has 0 unspecified atom stereocenters. The van der Waals surface area contributed by atoms with Crippen LogP contribution in [-0.2, 0) is 4.74 Å². The van der Waals surface area contributed by atoms with Crippen LogP contribution in [0.5, 0.6) is 0 Å². The van der Waals surface area contributed by atoms with Gasteiger partial charge in [-0.05, 0) is 12.0 Å². The van der Waals surface area contributed by atoms with Gasteiger partial charge in [-0.25, -0.2) is 0 Å². The number of hydrogen-bond acceptors (Lipinski definition) is 2. The number of ether oxygens (including phenoxy) is 1. The number of fused-ring (bicyclic) bond motifs is 1. The van der Waals surface area contributed by atoms with Crippen molar-refractivity contribution in [1.82, 2.24) is 5.32 Å². The second-order valence-corrected chi connectivity index (χ2v) is 3.82. The fraction of sp³-hybridized carbons (Fsp3) is 0.455. The summed E-state index contributed by atoms with van der Waals surface area (Å²) >= 11 is 0. The highest BCUT2D eigenvalue weighted by atomic mass is 16.6. The molecule has 0 aliphatic carbocycles. The molecule has 2 heteroatoms. The van der Waals surface area contributed by atoms with Gasteiger partial charge in [-0.3, -0.25) is 0 Å². The summed E-state index contributed by atoms with van der Waals surface area (Å²) < 4.78 is 5.47. The average Bonchev–Trinajstić information content (AvgIpc) is 2.96. The largest absolute Gasteiger partial charge is 0.368 e. The third-order valence-corrected chi connectivity index (χ3v) is 2.92. The molecule has 2 aliphatic heterocycles. The molecule has 2 heterocycles. The molecule has 0 radical (unpaired) electrons. The van der Waals surface area contributed by atoms with E-state index in [1.807, 2.05) is 0 Å². The zero-order valence-electron chi connectivity index (χ0n) is 7.44. The van der Waals surface area contributed by atoms with Crippen LogP contribution in [0.25, 0.3) is 0 Å². The summed E-state index contributed by atoms with van der Waals surface area (Å²) in [4.78, 5) is 0. The molecule has 1 N–H and O–H groups in total. The topological polar surface area (TPSA) is 24.6 Å². The van der Waals surface area contributed by atoms with Crippen molar-refractivity contribution < 1.29 is 4.74 Å². The number of rotatable bonds is 1. The van der Waals surface area contributed by atoms with Crippen molar-refractivity contribution in [2.75, 3.05) is 6.54 Å². The summed E-state index contributed by atoms with van der Waals surface area (Å²) in [6, 6.07) is 11.1. The standard InChI is InChI=1S/C11H13NO/c1-2-4-8(5-3-1)9-6-10-11(13-10)7-12-9/h1-5,9-12H,6-7H2/t9-,10+,11-/m1/s1. The Kier molecular flexibility index (Phi) is 1.64. The molecule has 0 spiro atoms. The fourth-order valence-corrected chi connectivity index (χ4v) is 2.08. The third-order valence-electron chi connectivity index (χ3n) is 2.92. The van der Waals surface area contributed by atoms with Gasteiger partial charge in [0.1, 0.15) is 0 Å². The summed E-state index contributed by atoms with van der Waals surface area (Å²) in [7, 11) is 0. The lowest BCUT2D eigenvalue weighted by Crippen LogP contribution is -2.32. The highest BCUT2D eigenvalue weighted by Crippen LogP contribution is 2.35. The summed E-state index contributed by atoms with van der Waals surface area (Å²) in [5.41, 5.74) is 1.39. The lowest BCUT2D eigenvalue weighted by Gasteiger charge is -2.20. The van der Waals surface area contributed by atoms with Crippen LogP contribution in [0.1, 0.15) is 18.0 Å². The zero-order valence-corrected chi connectivity index (χ0v) is 7.44. The molecule has 0 aromatic heterocycles. The van der Waals surface area contributed by atoms with Crippen LogP contribution in [-0.4, -0.2) is 18.8 Å². The predicted octanol–water partition coefficient (Wildman–Crippen LogP) is 1.49. The molecule has 3 atom stereocenters. The van der Waals surface area contributed by atoms with Crippen LogP contribution in [0.2, 0.25) is 0 Å². The lowest BCUT2D eigenvalue weighted by atomic mass is 9.98. The zero-order chi connectivity index (χ0) is 8.67. The maximum atomic E-state index is 5.47. The van der Waals surface area contributed by atoms with Crippen LogP contribution < -0.4 is 5.32 Å². The van der Waals surface area contributed by atoms with E-state index in [1.165, 1.54) is 5.56 Å². The lowest BCUT2D eigenvalue weighted by molar-refractivity contribution is 0.375. The summed E-state index contributed by atoms with van der Waals surface area (Å²) in [5, 5.41) is 3.50. The molecule has 0 amide bonds. The van der Waals surface area contributed by atoms with E-state index in [-0.39, 0.29) is 0 Å². The maximum absolute atomic E-state index is 5.47. The number of epoxide rings is 1. The molecular weight excluding hydrogens is 162 g/mol. The van der Waals surface area contributed by atoms with Crippen molar-refractivity contribution in [1.29, 1.82) is 0 Å². The molecular formula is C11H13NO. The predicted molar refractivity (Wildman–Crippen MR) is 50.5 cm³/mol. The second-order valence-electron chi connectivity index (χ2n) is 3.82. The molecule has 0 bridgehead atoms. The number of benzene rings is 1. The quantitative estimate of drug-likeness (QED) is 0.654. The van der Waals surface area contributed by atoms with Gasteiger partial charge in [0.25, 0.3) is 0 Å². The molecule has 2 fully saturated rings. The van der Waals surface area contributed by atoms with E-state index in [0.717, 1.165) is 13.0 Å². The first-order valence-corrected chi connectivity index (χ1v) is 4.87. The minimum atomic E-state index is 0.505. The van der Waals surface area contributed by atoms with E-state index in [1.54, 1.807) is 0 Å². The highest BCUT2D eigenvalue weighted by molar-refractivity contribution is 5.20. The van der Waals surface area contributed by atoms with E-state index >= 15 is 0 Å². The number of hydrogen-bond donors (Lipinski definition) is 1. The Morgan fingerprint density at radius 2 is 2.00 bits per heavy atom. The molecule has 3 rings (SSSR count). The van der Waals surface area contributed by atoms with E-state index in [0.29, 0.717) is 18.2 Å². The molecule has 2 saturated heterocycles. The van der Waals surface area contributed by atoms with Gasteiger partial charge < -0.3 is 10.1 Å².